The number of thiazole rings is 1. The van der Waals surface area contributed by atoms with E-state index < -0.39 is 0 Å². The van der Waals surface area contributed by atoms with Crippen molar-refractivity contribution in [1.29, 1.82) is 0 Å². The molecule has 128 valence electrons. The molecule has 1 aromatic carbocycles. The van der Waals surface area contributed by atoms with Gasteiger partial charge in [0.15, 0.2) is 5.13 Å². The zero-order valence-electron chi connectivity index (χ0n) is 14.5. The molecule has 0 unspecified atom stereocenters. The molecule has 1 amide bonds. The zero-order valence-corrected chi connectivity index (χ0v) is 15.3. The molecule has 0 radical (unpaired) electrons. The van der Waals surface area contributed by atoms with Crippen molar-refractivity contribution >= 4 is 28.2 Å². The van der Waals surface area contributed by atoms with E-state index in [0.717, 1.165) is 11.3 Å². The van der Waals surface area contributed by atoms with Gasteiger partial charge in [-0.3, -0.25) is 10.1 Å². The van der Waals surface area contributed by atoms with E-state index in [0.29, 0.717) is 16.5 Å². The fourth-order valence-corrected chi connectivity index (χ4v) is 3.41. The smallest absolute Gasteiger partial charge is 0.261 e. The number of hydrogen-bond acceptors (Lipinski definition) is 5. The minimum atomic E-state index is -0.201. The lowest BCUT2D eigenvalue weighted by Gasteiger charge is -2.14. The lowest BCUT2D eigenvalue weighted by atomic mass is 10.1. The van der Waals surface area contributed by atoms with E-state index >= 15 is 0 Å². The molecular weight excluding hydrogens is 332 g/mol. The van der Waals surface area contributed by atoms with E-state index in [-0.39, 0.29) is 5.91 Å². The van der Waals surface area contributed by atoms with Gasteiger partial charge in [-0.1, -0.05) is 29.8 Å². The topological polar surface area (TPSA) is 58.1 Å². The number of pyridine rings is 1. The number of benzene rings is 1. The summed E-state index contributed by atoms with van der Waals surface area (Å²) >= 11 is 1.49. The molecule has 0 bridgehead atoms. The Balaban J connectivity index is 1.72. The van der Waals surface area contributed by atoms with Gasteiger partial charge in [0, 0.05) is 37.8 Å². The van der Waals surface area contributed by atoms with E-state index in [2.05, 4.69) is 46.5 Å². The van der Waals surface area contributed by atoms with Crippen LogP contribution < -0.4 is 10.2 Å². The molecule has 2 aromatic heterocycles. The number of nitrogens with one attached hydrogen (secondary N) is 1. The molecule has 0 aliphatic heterocycles. The lowest BCUT2D eigenvalue weighted by Crippen LogP contribution is -2.19. The SMILES string of the molecule is Cc1cccc(Cc2cnc(NC(=O)c3cccnc3N(C)C)s2)c1. The van der Waals surface area contributed by atoms with Gasteiger partial charge in [0.05, 0.1) is 5.56 Å². The van der Waals surface area contributed by atoms with Crippen molar-refractivity contribution in [3.05, 3.63) is 70.4 Å². The highest BCUT2D eigenvalue weighted by Gasteiger charge is 2.15. The van der Waals surface area contributed by atoms with Gasteiger partial charge in [0.25, 0.3) is 5.91 Å². The van der Waals surface area contributed by atoms with Crippen LogP contribution >= 0.6 is 11.3 Å². The molecule has 25 heavy (non-hydrogen) atoms. The molecule has 3 aromatic rings. The highest BCUT2D eigenvalue weighted by molar-refractivity contribution is 7.15. The predicted octanol–water partition coefficient (Wildman–Crippen LogP) is 3.76. The van der Waals surface area contributed by atoms with Crippen LogP contribution in [0.4, 0.5) is 10.9 Å². The van der Waals surface area contributed by atoms with Gasteiger partial charge < -0.3 is 4.90 Å². The van der Waals surface area contributed by atoms with E-state index in [1.54, 1.807) is 18.3 Å². The van der Waals surface area contributed by atoms with Crippen molar-refractivity contribution in [2.45, 2.75) is 13.3 Å². The first-order valence-corrected chi connectivity index (χ1v) is 8.78. The summed E-state index contributed by atoms with van der Waals surface area (Å²) in [5.74, 6) is 0.435. The monoisotopic (exact) mass is 352 g/mol. The number of carbonyl (C=O) groups excluding carboxylic acids is 1. The number of aromatic nitrogens is 2. The van der Waals surface area contributed by atoms with E-state index in [9.17, 15) is 4.79 Å². The van der Waals surface area contributed by atoms with Gasteiger partial charge >= 0.3 is 0 Å². The predicted molar refractivity (Wildman–Crippen MR) is 103 cm³/mol. The van der Waals surface area contributed by atoms with Crippen molar-refractivity contribution in [1.82, 2.24) is 9.97 Å². The van der Waals surface area contributed by atoms with Gasteiger partial charge in [0.1, 0.15) is 5.82 Å². The quantitative estimate of drug-likeness (QED) is 0.760. The second-order valence-corrected chi connectivity index (χ2v) is 7.14. The summed E-state index contributed by atoms with van der Waals surface area (Å²) in [6, 6.07) is 11.9. The van der Waals surface area contributed by atoms with E-state index in [1.807, 2.05) is 25.2 Å². The van der Waals surface area contributed by atoms with Crippen LogP contribution in [0.3, 0.4) is 0 Å². The van der Waals surface area contributed by atoms with Gasteiger partial charge in [-0.25, -0.2) is 9.97 Å². The average molecular weight is 352 g/mol. The Bertz CT molecular complexity index is 888. The van der Waals surface area contributed by atoms with Gasteiger partial charge in [-0.05, 0) is 24.6 Å². The average Bonchev–Trinajstić information content (AvgIpc) is 3.01. The molecule has 0 saturated carbocycles. The first-order chi connectivity index (χ1) is 12.0. The number of carbonyl (C=O) groups is 1. The summed E-state index contributed by atoms with van der Waals surface area (Å²) in [6.45, 7) is 2.08. The lowest BCUT2D eigenvalue weighted by molar-refractivity contribution is 0.102. The maximum Gasteiger partial charge on any atom is 0.261 e. The van der Waals surface area contributed by atoms with Gasteiger partial charge in [0.2, 0.25) is 0 Å². The van der Waals surface area contributed by atoms with Crippen LogP contribution in [0.15, 0.2) is 48.8 Å². The first-order valence-electron chi connectivity index (χ1n) is 7.97. The van der Waals surface area contributed by atoms with Crippen molar-refractivity contribution in [3.8, 4) is 0 Å². The van der Waals surface area contributed by atoms with Crippen molar-refractivity contribution < 1.29 is 4.79 Å². The second kappa shape index (κ2) is 7.44. The summed E-state index contributed by atoms with van der Waals surface area (Å²) in [6.07, 6.45) is 4.30. The molecule has 0 aliphatic rings. The molecule has 0 aliphatic carbocycles. The minimum Gasteiger partial charge on any atom is -0.362 e. The Hall–Kier alpha value is -2.73. The van der Waals surface area contributed by atoms with Crippen LogP contribution in [0.25, 0.3) is 0 Å². The summed E-state index contributed by atoms with van der Waals surface area (Å²) in [5.41, 5.74) is 3.01. The van der Waals surface area contributed by atoms with Crippen LogP contribution in [0.5, 0.6) is 0 Å². The Kier molecular flexibility index (Phi) is 5.09. The summed E-state index contributed by atoms with van der Waals surface area (Å²) in [4.78, 5) is 24.1. The second-order valence-electron chi connectivity index (χ2n) is 6.02. The maximum atomic E-state index is 12.5. The van der Waals surface area contributed by atoms with Crippen LogP contribution in [0, 0.1) is 6.92 Å². The third-order valence-corrected chi connectivity index (χ3v) is 4.60. The summed E-state index contributed by atoms with van der Waals surface area (Å²) in [7, 11) is 3.73. The van der Waals surface area contributed by atoms with Crippen LogP contribution in [0.1, 0.15) is 26.4 Å². The number of hydrogen-bond donors (Lipinski definition) is 1. The third kappa shape index (κ3) is 4.22. The van der Waals surface area contributed by atoms with E-state index in [4.69, 9.17) is 0 Å². The number of rotatable bonds is 5. The van der Waals surface area contributed by atoms with Gasteiger partial charge in [-0.2, -0.15) is 0 Å². The zero-order chi connectivity index (χ0) is 17.8. The molecule has 6 heteroatoms. The molecule has 2 heterocycles. The Labute approximate surface area is 151 Å². The standard InChI is InChI=1S/C19H20N4OS/c1-13-6-4-7-14(10-13)11-15-12-21-19(25-15)22-18(24)16-8-5-9-20-17(16)23(2)3/h4-10,12H,11H2,1-3H3,(H,21,22,24). The first kappa shape index (κ1) is 17.1. The van der Waals surface area contributed by atoms with E-state index in [1.165, 1.54) is 22.5 Å². The number of aryl methyl sites for hydroxylation is 1. The molecule has 0 fully saturated rings. The van der Waals surface area contributed by atoms with Crippen molar-refractivity contribution in [2.75, 3.05) is 24.3 Å². The number of anilines is 2. The molecule has 1 N–H and O–H groups in total. The molecule has 3 rings (SSSR count). The highest BCUT2D eigenvalue weighted by Crippen LogP contribution is 2.23. The third-order valence-electron chi connectivity index (χ3n) is 3.69. The fraction of sp³-hybridized carbons (Fsp3) is 0.211. The number of amides is 1. The Morgan fingerprint density at radius 1 is 1.20 bits per heavy atom. The van der Waals surface area contributed by atoms with Gasteiger partial charge in [-0.15, -0.1) is 11.3 Å². The Morgan fingerprint density at radius 3 is 2.80 bits per heavy atom. The molecule has 0 saturated heterocycles. The minimum absolute atomic E-state index is 0.201. The fourth-order valence-electron chi connectivity index (χ4n) is 2.57. The molecular formula is C19H20N4OS. The molecule has 0 atom stereocenters. The number of nitrogens with zero attached hydrogens (tertiary/aromatic N) is 3. The molecule has 5 nitrogen and oxygen atoms in total. The summed E-state index contributed by atoms with van der Waals surface area (Å²) in [5, 5.41) is 3.47. The largest absolute Gasteiger partial charge is 0.362 e. The maximum absolute atomic E-state index is 12.5. The normalized spacial score (nSPS) is 10.5. The highest BCUT2D eigenvalue weighted by atomic mass is 32.1. The molecule has 0 spiro atoms. The van der Waals surface area contributed by atoms with Crippen LogP contribution in [0.2, 0.25) is 0 Å². The van der Waals surface area contributed by atoms with Crippen molar-refractivity contribution in [3.63, 3.8) is 0 Å². The van der Waals surface area contributed by atoms with Crippen LogP contribution in [-0.4, -0.2) is 30.0 Å². The van der Waals surface area contributed by atoms with Crippen molar-refractivity contribution in [2.24, 2.45) is 0 Å². The van der Waals surface area contributed by atoms with Crippen LogP contribution in [-0.2, 0) is 6.42 Å². The summed E-state index contributed by atoms with van der Waals surface area (Å²) < 4.78 is 0. The Morgan fingerprint density at radius 2 is 2.04 bits per heavy atom.